The van der Waals surface area contributed by atoms with Crippen molar-refractivity contribution in [1.82, 2.24) is 4.98 Å². The number of pyridine rings is 1. The molecule has 0 spiro atoms. The number of aromatic nitrogens is 1. The molecule has 5 heteroatoms. The first-order valence-electron chi connectivity index (χ1n) is 5.75. The first-order valence-corrected chi connectivity index (χ1v) is 6.54. The van der Waals surface area contributed by atoms with Crippen LogP contribution in [-0.2, 0) is 6.54 Å². The summed E-state index contributed by atoms with van der Waals surface area (Å²) in [5.74, 6) is -0.945. The maximum atomic E-state index is 10.9. The molecular weight excluding hydrogens is 308 g/mol. The number of carboxylic acids is 1. The molecule has 0 saturated heterocycles. The topological polar surface area (TPSA) is 62.2 Å². The fourth-order valence-corrected chi connectivity index (χ4v) is 2.24. The minimum atomic E-state index is -0.945. The Bertz CT molecular complexity index is 614. The Balaban J connectivity index is 2.11. The molecule has 2 N–H and O–H groups in total. The van der Waals surface area contributed by atoms with Crippen LogP contribution in [0.4, 0.5) is 5.69 Å². The lowest BCUT2D eigenvalue weighted by Gasteiger charge is -2.09. The fourth-order valence-electron chi connectivity index (χ4n) is 1.69. The number of rotatable bonds is 4. The number of aryl methyl sites for hydroxylation is 1. The van der Waals surface area contributed by atoms with Gasteiger partial charge in [-0.25, -0.2) is 4.79 Å². The zero-order chi connectivity index (χ0) is 13.8. The standard InChI is InChI=1S/C14H13BrN2O2/c1-9-3-2-6-16-13(9)8-17-10-4-5-11(14(18)19)12(15)7-10/h2-7,17H,8H2,1H3,(H,18,19). The first-order chi connectivity index (χ1) is 9.08. The fraction of sp³-hybridized carbons (Fsp3) is 0.143. The van der Waals surface area contributed by atoms with Crippen LogP contribution in [0.1, 0.15) is 21.6 Å². The molecule has 0 fully saturated rings. The van der Waals surface area contributed by atoms with Crippen LogP contribution in [0.2, 0.25) is 0 Å². The minimum absolute atomic E-state index is 0.250. The molecule has 0 radical (unpaired) electrons. The van der Waals surface area contributed by atoms with Crippen LogP contribution >= 0.6 is 15.9 Å². The number of hydrogen-bond donors (Lipinski definition) is 2. The molecule has 0 aliphatic heterocycles. The van der Waals surface area contributed by atoms with Crippen LogP contribution in [0.25, 0.3) is 0 Å². The Morgan fingerprint density at radius 1 is 1.42 bits per heavy atom. The van der Waals surface area contributed by atoms with Crippen LogP contribution in [0.15, 0.2) is 41.0 Å². The maximum Gasteiger partial charge on any atom is 0.336 e. The van der Waals surface area contributed by atoms with E-state index in [4.69, 9.17) is 5.11 Å². The third-order valence-electron chi connectivity index (χ3n) is 2.78. The van der Waals surface area contributed by atoms with E-state index in [0.717, 1.165) is 16.9 Å². The van der Waals surface area contributed by atoms with Gasteiger partial charge in [-0.15, -0.1) is 0 Å². The summed E-state index contributed by atoms with van der Waals surface area (Å²) in [5, 5.41) is 12.2. The van der Waals surface area contributed by atoms with Gasteiger partial charge in [0.1, 0.15) is 0 Å². The normalized spacial score (nSPS) is 10.2. The number of benzene rings is 1. The van der Waals surface area contributed by atoms with Gasteiger partial charge in [-0.3, -0.25) is 4.98 Å². The van der Waals surface area contributed by atoms with Crippen molar-refractivity contribution < 1.29 is 9.90 Å². The van der Waals surface area contributed by atoms with E-state index in [0.29, 0.717) is 11.0 Å². The van der Waals surface area contributed by atoms with Crippen molar-refractivity contribution in [3.8, 4) is 0 Å². The molecule has 1 heterocycles. The molecule has 1 aromatic heterocycles. The number of aromatic carboxylic acids is 1. The number of hydrogen-bond acceptors (Lipinski definition) is 3. The highest BCUT2D eigenvalue weighted by Crippen LogP contribution is 2.22. The van der Waals surface area contributed by atoms with E-state index >= 15 is 0 Å². The summed E-state index contributed by atoms with van der Waals surface area (Å²) in [7, 11) is 0. The highest BCUT2D eigenvalue weighted by atomic mass is 79.9. The van der Waals surface area contributed by atoms with E-state index in [-0.39, 0.29) is 5.56 Å². The second kappa shape index (κ2) is 5.84. The number of halogens is 1. The van der Waals surface area contributed by atoms with Crippen LogP contribution in [0, 0.1) is 6.92 Å². The molecule has 4 nitrogen and oxygen atoms in total. The van der Waals surface area contributed by atoms with Crippen LogP contribution in [-0.4, -0.2) is 16.1 Å². The molecule has 0 aliphatic rings. The van der Waals surface area contributed by atoms with Crippen molar-refractivity contribution in [1.29, 1.82) is 0 Å². The summed E-state index contributed by atoms with van der Waals surface area (Å²) in [6, 6.07) is 8.97. The second-order valence-corrected chi connectivity index (χ2v) is 4.97. The van der Waals surface area contributed by atoms with Gasteiger partial charge < -0.3 is 10.4 Å². The van der Waals surface area contributed by atoms with E-state index in [1.807, 2.05) is 19.1 Å². The monoisotopic (exact) mass is 320 g/mol. The molecule has 98 valence electrons. The van der Waals surface area contributed by atoms with Crippen molar-refractivity contribution in [3.63, 3.8) is 0 Å². The Morgan fingerprint density at radius 2 is 2.21 bits per heavy atom. The number of nitrogens with one attached hydrogen (secondary N) is 1. The van der Waals surface area contributed by atoms with Crippen molar-refractivity contribution in [2.24, 2.45) is 0 Å². The summed E-state index contributed by atoms with van der Waals surface area (Å²) in [5.41, 5.74) is 3.19. The molecule has 2 rings (SSSR count). The summed E-state index contributed by atoms with van der Waals surface area (Å²) in [6.07, 6.45) is 1.76. The van der Waals surface area contributed by atoms with Crippen molar-refractivity contribution in [2.75, 3.05) is 5.32 Å². The van der Waals surface area contributed by atoms with Crippen LogP contribution in [0.3, 0.4) is 0 Å². The van der Waals surface area contributed by atoms with Crippen LogP contribution < -0.4 is 5.32 Å². The van der Waals surface area contributed by atoms with E-state index in [2.05, 4.69) is 26.2 Å². The lowest BCUT2D eigenvalue weighted by atomic mass is 10.2. The van der Waals surface area contributed by atoms with E-state index < -0.39 is 5.97 Å². The van der Waals surface area contributed by atoms with Gasteiger partial charge in [0.05, 0.1) is 17.8 Å². The number of carbonyl (C=O) groups is 1. The van der Waals surface area contributed by atoms with Gasteiger partial charge in [-0.2, -0.15) is 0 Å². The van der Waals surface area contributed by atoms with E-state index in [1.54, 1.807) is 24.4 Å². The van der Waals surface area contributed by atoms with Gasteiger partial charge in [0.15, 0.2) is 0 Å². The molecule has 0 amide bonds. The lowest BCUT2D eigenvalue weighted by molar-refractivity contribution is 0.0696. The Morgan fingerprint density at radius 3 is 2.84 bits per heavy atom. The highest BCUT2D eigenvalue weighted by Gasteiger charge is 2.08. The SMILES string of the molecule is Cc1cccnc1CNc1ccc(C(=O)O)c(Br)c1. The first kappa shape index (κ1) is 13.5. The molecule has 0 bridgehead atoms. The third-order valence-corrected chi connectivity index (χ3v) is 3.43. The van der Waals surface area contributed by atoms with Crippen molar-refractivity contribution in [2.45, 2.75) is 13.5 Å². The summed E-state index contributed by atoms with van der Waals surface area (Å²) in [6.45, 7) is 2.61. The maximum absolute atomic E-state index is 10.9. The van der Waals surface area contributed by atoms with E-state index in [1.165, 1.54) is 0 Å². The molecule has 0 unspecified atom stereocenters. The van der Waals surface area contributed by atoms with Gasteiger partial charge in [-0.1, -0.05) is 6.07 Å². The van der Waals surface area contributed by atoms with Crippen molar-refractivity contribution >= 4 is 27.6 Å². The number of carboxylic acid groups (broad SMARTS) is 1. The van der Waals surface area contributed by atoms with Gasteiger partial charge in [0, 0.05) is 16.4 Å². The van der Waals surface area contributed by atoms with Gasteiger partial charge in [0.2, 0.25) is 0 Å². The molecule has 0 aliphatic carbocycles. The largest absolute Gasteiger partial charge is 0.478 e. The molecule has 1 aromatic carbocycles. The molecule has 0 atom stereocenters. The Hall–Kier alpha value is -1.88. The average Bonchev–Trinajstić information content (AvgIpc) is 2.37. The molecular formula is C14H13BrN2O2. The Kier molecular flexibility index (Phi) is 4.16. The van der Waals surface area contributed by atoms with Crippen LogP contribution in [0.5, 0.6) is 0 Å². The zero-order valence-electron chi connectivity index (χ0n) is 10.4. The lowest BCUT2D eigenvalue weighted by Crippen LogP contribution is -2.04. The second-order valence-electron chi connectivity index (χ2n) is 4.12. The van der Waals surface area contributed by atoms with Gasteiger partial charge >= 0.3 is 5.97 Å². The summed E-state index contributed by atoms with van der Waals surface area (Å²) in [4.78, 5) is 15.2. The smallest absolute Gasteiger partial charge is 0.336 e. The minimum Gasteiger partial charge on any atom is -0.478 e. The molecule has 0 saturated carbocycles. The highest BCUT2D eigenvalue weighted by molar-refractivity contribution is 9.10. The van der Waals surface area contributed by atoms with Crippen molar-refractivity contribution in [3.05, 3.63) is 57.8 Å². The number of nitrogens with zero attached hydrogens (tertiary/aromatic N) is 1. The van der Waals surface area contributed by atoms with Gasteiger partial charge in [-0.05, 0) is 52.7 Å². The van der Waals surface area contributed by atoms with E-state index in [9.17, 15) is 4.79 Å². The summed E-state index contributed by atoms with van der Waals surface area (Å²) < 4.78 is 0.558. The predicted octanol–water partition coefficient (Wildman–Crippen LogP) is 3.46. The zero-order valence-corrected chi connectivity index (χ0v) is 11.9. The molecule has 19 heavy (non-hydrogen) atoms. The summed E-state index contributed by atoms with van der Waals surface area (Å²) >= 11 is 3.25. The molecule has 2 aromatic rings. The third kappa shape index (κ3) is 3.32. The average molecular weight is 321 g/mol. The Labute approximate surface area is 119 Å². The quantitative estimate of drug-likeness (QED) is 0.905. The predicted molar refractivity (Wildman–Crippen MR) is 77.4 cm³/mol. The number of anilines is 1. The van der Waals surface area contributed by atoms with Gasteiger partial charge in [0.25, 0.3) is 0 Å².